The van der Waals surface area contributed by atoms with E-state index in [9.17, 15) is 4.79 Å². The molecule has 1 heterocycles. The molecule has 2 aromatic rings. The first-order valence-electron chi connectivity index (χ1n) is 5.75. The summed E-state index contributed by atoms with van der Waals surface area (Å²) in [7, 11) is 5.40. The Balaban J connectivity index is 2.11. The summed E-state index contributed by atoms with van der Waals surface area (Å²) in [5, 5.41) is 0.999. The Morgan fingerprint density at radius 1 is 1.18 bits per heavy atom. The first-order chi connectivity index (χ1) is 8.29. The molecular weight excluding hydrogens is 213 g/mol. The normalized spacial score (nSPS) is 10.6. The van der Waals surface area contributed by atoms with Gasteiger partial charge < -0.3 is 9.72 Å². The first kappa shape index (κ1) is 11.8. The van der Waals surface area contributed by atoms with Crippen LogP contribution in [-0.2, 0) is 0 Å². The third-order valence-corrected chi connectivity index (χ3v) is 2.56. The van der Waals surface area contributed by atoms with Crippen LogP contribution in [-0.4, -0.2) is 19.4 Å². The van der Waals surface area contributed by atoms with Crippen molar-refractivity contribution in [3.05, 3.63) is 40.7 Å². The van der Waals surface area contributed by atoms with Crippen LogP contribution >= 0.6 is 0 Å². The summed E-state index contributed by atoms with van der Waals surface area (Å²) in [5.41, 5.74) is 0.701. The third-order valence-electron chi connectivity index (χ3n) is 2.56. The van der Waals surface area contributed by atoms with Crippen molar-refractivity contribution in [1.29, 1.82) is 0 Å². The number of hydrogen-bond acceptors (Lipinski definition) is 2. The number of aromatic nitrogens is 1. The summed E-state index contributed by atoms with van der Waals surface area (Å²) < 4.78 is 5.58. The third kappa shape index (κ3) is 3.13. The van der Waals surface area contributed by atoms with E-state index in [2.05, 4.69) is 4.98 Å². The second kappa shape index (κ2) is 5.57. The highest BCUT2D eigenvalue weighted by molar-refractivity contribution is 6.08. The van der Waals surface area contributed by atoms with Gasteiger partial charge in [0.05, 0.1) is 20.0 Å². The lowest BCUT2D eigenvalue weighted by Gasteiger charge is -2.06. The smallest absolute Gasteiger partial charge is 0.248 e. The monoisotopic (exact) mass is 227 g/mol. The maximum absolute atomic E-state index is 11.2. The molecule has 1 aromatic carbocycles. The van der Waals surface area contributed by atoms with E-state index in [-0.39, 0.29) is 5.56 Å². The zero-order valence-corrected chi connectivity index (χ0v) is 9.61. The number of pyridine rings is 1. The van der Waals surface area contributed by atoms with Gasteiger partial charge in [0.25, 0.3) is 0 Å². The van der Waals surface area contributed by atoms with E-state index in [0.717, 1.165) is 29.5 Å². The van der Waals surface area contributed by atoms with Crippen LogP contribution in [0.15, 0.2) is 35.1 Å². The first-order valence-corrected chi connectivity index (χ1v) is 5.75. The van der Waals surface area contributed by atoms with Crippen molar-refractivity contribution in [2.75, 3.05) is 6.61 Å². The number of unbranched alkanes of at least 4 members (excludes halogenated alkanes) is 1. The minimum absolute atomic E-state index is 0.0993. The van der Waals surface area contributed by atoms with E-state index in [1.165, 1.54) is 6.07 Å². The van der Waals surface area contributed by atoms with Gasteiger partial charge in [0.15, 0.2) is 0 Å². The van der Waals surface area contributed by atoms with Crippen molar-refractivity contribution in [2.45, 2.75) is 19.2 Å². The Kier molecular flexibility index (Phi) is 3.86. The van der Waals surface area contributed by atoms with Gasteiger partial charge in [0.2, 0.25) is 5.56 Å². The summed E-state index contributed by atoms with van der Waals surface area (Å²) in [5.74, 6) is 0.774. The lowest BCUT2D eigenvalue weighted by Crippen LogP contribution is -2.03. The number of H-pyrrole nitrogens is 1. The standard InChI is InChI=1S/C13H14BNO2/c14-7-1-2-8-17-11-5-3-10-4-6-13(16)15-12(10)9-11/h3-6,9H,1-2,7-8H2,(H,15,16). The highest BCUT2D eigenvalue weighted by atomic mass is 16.5. The van der Waals surface area contributed by atoms with E-state index in [1.807, 2.05) is 18.2 Å². The summed E-state index contributed by atoms with van der Waals surface area (Å²) in [6, 6.07) is 9.00. The van der Waals surface area contributed by atoms with Crippen molar-refractivity contribution >= 4 is 18.7 Å². The molecule has 17 heavy (non-hydrogen) atoms. The fraction of sp³-hybridized carbons (Fsp3) is 0.308. The predicted molar refractivity (Wildman–Crippen MR) is 69.9 cm³/mol. The number of nitrogens with one attached hydrogen (secondary N) is 1. The van der Waals surface area contributed by atoms with Crippen LogP contribution in [0.1, 0.15) is 12.8 Å². The molecule has 2 radical (unpaired) electrons. The fourth-order valence-electron chi connectivity index (χ4n) is 1.66. The molecule has 0 spiro atoms. The summed E-state index contributed by atoms with van der Waals surface area (Å²) in [6.45, 7) is 0.653. The van der Waals surface area contributed by atoms with Gasteiger partial charge >= 0.3 is 0 Å². The van der Waals surface area contributed by atoms with Crippen LogP contribution in [0.25, 0.3) is 10.9 Å². The minimum Gasteiger partial charge on any atom is -0.494 e. The Hall–Kier alpha value is -1.71. The predicted octanol–water partition coefficient (Wildman–Crippen LogP) is 2.27. The zero-order valence-electron chi connectivity index (χ0n) is 9.61. The molecule has 4 heteroatoms. The van der Waals surface area contributed by atoms with E-state index in [0.29, 0.717) is 12.9 Å². The lowest BCUT2D eigenvalue weighted by molar-refractivity contribution is 0.310. The summed E-state index contributed by atoms with van der Waals surface area (Å²) in [4.78, 5) is 14.0. The highest BCUT2D eigenvalue weighted by Crippen LogP contribution is 2.18. The molecule has 0 unspecified atom stereocenters. The quantitative estimate of drug-likeness (QED) is 0.628. The molecule has 1 N–H and O–H groups in total. The van der Waals surface area contributed by atoms with E-state index in [1.54, 1.807) is 6.07 Å². The van der Waals surface area contributed by atoms with Crippen molar-refractivity contribution in [1.82, 2.24) is 4.98 Å². The van der Waals surface area contributed by atoms with Crippen LogP contribution in [0.4, 0.5) is 0 Å². The molecule has 3 nitrogen and oxygen atoms in total. The van der Waals surface area contributed by atoms with Gasteiger partial charge in [-0.25, -0.2) is 0 Å². The summed E-state index contributed by atoms with van der Waals surface area (Å²) in [6.07, 6.45) is 2.60. The van der Waals surface area contributed by atoms with Crippen LogP contribution in [0.5, 0.6) is 5.75 Å². The number of rotatable bonds is 5. The maximum atomic E-state index is 11.2. The summed E-state index contributed by atoms with van der Waals surface area (Å²) >= 11 is 0. The Morgan fingerprint density at radius 3 is 2.82 bits per heavy atom. The van der Waals surface area contributed by atoms with Crippen LogP contribution in [0.2, 0.25) is 6.32 Å². The molecule has 0 atom stereocenters. The van der Waals surface area contributed by atoms with Crippen LogP contribution in [0.3, 0.4) is 0 Å². The van der Waals surface area contributed by atoms with Gasteiger partial charge in [-0.2, -0.15) is 0 Å². The van der Waals surface area contributed by atoms with Gasteiger partial charge in [0.1, 0.15) is 5.75 Å². The van der Waals surface area contributed by atoms with Gasteiger partial charge in [0, 0.05) is 12.1 Å². The second-order valence-electron chi connectivity index (χ2n) is 3.92. The molecule has 0 saturated heterocycles. The van der Waals surface area contributed by atoms with Crippen LogP contribution < -0.4 is 10.3 Å². The Labute approximate surface area is 101 Å². The average molecular weight is 227 g/mol. The second-order valence-corrected chi connectivity index (χ2v) is 3.92. The maximum Gasteiger partial charge on any atom is 0.248 e. The minimum atomic E-state index is -0.0993. The fourth-order valence-corrected chi connectivity index (χ4v) is 1.66. The van der Waals surface area contributed by atoms with Crippen molar-refractivity contribution < 1.29 is 4.74 Å². The van der Waals surface area contributed by atoms with Crippen LogP contribution in [0, 0.1) is 0 Å². The highest BCUT2D eigenvalue weighted by Gasteiger charge is 1.98. The SMILES string of the molecule is [B]CCCCOc1ccc2ccc(=O)[nH]c2c1. The molecule has 0 fully saturated rings. The largest absolute Gasteiger partial charge is 0.494 e. The molecule has 0 aliphatic rings. The van der Waals surface area contributed by atoms with Gasteiger partial charge in [-0.05, 0) is 30.0 Å². The number of benzene rings is 1. The molecule has 2 rings (SSSR count). The number of ether oxygens (including phenoxy) is 1. The molecule has 0 aliphatic heterocycles. The topological polar surface area (TPSA) is 42.1 Å². The Bertz CT molecular complexity index is 550. The Morgan fingerprint density at radius 2 is 2.00 bits per heavy atom. The van der Waals surface area contributed by atoms with E-state index in [4.69, 9.17) is 12.6 Å². The number of hydrogen-bond donors (Lipinski definition) is 1. The average Bonchev–Trinajstić information content (AvgIpc) is 2.34. The molecule has 0 aliphatic carbocycles. The molecule has 0 saturated carbocycles. The van der Waals surface area contributed by atoms with Gasteiger partial charge in [-0.1, -0.05) is 12.7 Å². The van der Waals surface area contributed by atoms with Crippen molar-refractivity contribution in [2.24, 2.45) is 0 Å². The van der Waals surface area contributed by atoms with E-state index < -0.39 is 0 Å². The number of aromatic amines is 1. The zero-order chi connectivity index (χ0) is 12.1. The van der Waals surface area contributed by atoms with Gasteiger partial charge in [-0.3, -0.25) is 4.79 Å². The molecule has 1 aromatic heterocycles. The van der Waals surface area contributed by atoms with Crippen molar-refractivity contribution in [3.63, 3.8) is 0 Å². The molecule has 0 bridgehead atoms. The molecule has 0 amide bonds. The molecular formula is C13H14BNO2. The van der Waals surface area contributed by atoms with Crippen molar-refractivity contribution in [3.8, 4) is 5.75 Å². The lowest BCUT2D eigenvalue weighted by atomic mass is 10.0. The number of fused-ring (bicyclic) bond motifs is 1. The van der Waals surface area contributed by atoms with E-state index >= 15 is 0 Å². The van der Waals surface area contributed by atoms with Gasteiger partial charge in [-0.15, -0.1) is 0 Å². The molecule has 86 valence electrons.